The van der Waals surface area contributed by atoms with Crippen molar-refractivity contribution in [1.82, 2.24) is 9.97 Å². The van der Waals surface area contributed by atoms with E-state index < -0.39 is 0 Å². The van der Waals surface area contributed by atoms with Crippen molar-refractivity contribution in [2.75, 3.05) is 24.2 Å². The molecule has 0 saturated carbocycles. The molecule has 0 aliphatic rings. The van der Waals surface area contributed by atoms with Crippen molar-refractivity contribution in [3.05, 3.63) is 33.6 Å². The average molecular weight is 269 g/mol. The lowest BCUT2D eigenvalue weighted by Crippen LogP contribution is -2.07. The second-order valence-corrected chi connectivity index (χ2v) is 5.20. The van der Waals surface area contributed by atoms with Gasteiger partial charge in [-0.25, -0.2) is 4.98 Å². The maximum atomic E-state index is 5.87. The molecule has 2 aromatic heterocycles. The average Bonchev–Trinajstić information content (AvgIpc) is 2.75. The number of anilines is 2. The van der Waals surface area contributed by atoms with Gasteiger partial charge in [0.1, 0.15) is 5.82 Å². The molecule has 17 heavy (non-hydrogen) atoms. The Bertz CT molecular complexity index is 486. The molecule has 0 spiro atoms. The van der Waals surface area contributed by atoms with Gasteiger partial charge in [-0.05, 0) is 24.6 Å². The summed E-state index contributed by atoms with van der Waals surface area (Å²) < 4.78 is 0.833. The van der Waals surface area contributed by atoms with Crippen LogP contribution in [0.3, 0.4) is 0 Å². The molecule has 6 heteroatoms. The summed E-state index contributed by atoms with van der Waals surface area (Å²) >= 11 is 7.48. The van der Waals surface area contributed by atoms with E-state index in [-0.39, 0.29) is 0 Å². The molecule has 0 bridgehead atoms. The van der Waals surface area contributed by atoms with E-state index in [9.17, 15) is 0 Å². The monoisotopic (exact) mass is 268 g/mol. The van der Waals surface area contributed by atoms with Crippen LogP contribution in [0.4, 0.5) is 11.8 Å². The van der Waals surface area contributed by atoms with Crippen molar-refractivity contribution < 1.29 is 0 Å². The maximum Gasteiger partial charge on any atom is 0.224 e. The topological polar surface area (TPSA) is 49.8 Å². The summed E-state index contributed by atoms with van der Waals surface area (Å²) in [7, 11) is 1.80. The summed E-state index contributed by atoms with van der Waals surface area (Å²) in [6, 6.07) is 5.82. The predicted molar refractivity (Wildman–Crippen MR) is 73.1 cm³/mol. The number of halogens is 1. The van der Waals surface area contributed by atoms with Gasteiger partial charge in [0.2, 0.25) is 5.95 Å². The smallest absolute Gasteiger partial charge is 0.224 e. The normalized spacial score (nSPS) is 10.2. The van der Waals surface area contributed by atoms with E-state index in [0.29, 0.717) is 5.95 Å². The summed E-state index contributed by atoms with van der Waals surface area (Å²) in [6.45, 7) is 0.830. The van der Waals surface area contributed by atoms with E-state index in [2.05, 4.69) is 20.6 Å². The van der Waals surface area contributed by atoms with E-state index in [1.54, 1.807) is 24.6 Å². The van der Waals surface area contributed by atoms with Crippen molar-refractivity contribution in [1.29, 1.82) is 0 Å². The van der Waals surface area contributed by atoms with Gasteiger partial charge in [-0.1, -0.05) is 11.6 Å². The minimum absolute atomic E-state index is 0.620. The molecule has 0 atom stereocenters. The molecule has 90 valence electrons. The first kappa shape index (κ1) is 12.1. The molecular formula is C11H13ClN4S. The summed E-state index contributed by atoms with van der Waals surface area (Å²) in [6.07, 6.45) is 2.67. The van der Waals surface area contributed by atoms with Crippen LogP contribution in [-0.4, -0.2) is 23.6 Å². The number of hydrogen-bond acceptors (Lipinski definition) is 5. The molecule has 2 heterocycles. The molecule has 2 N–H and O–H groups in total. The first-order valence-corrected chi connectivity index (χ1v) is 6.46. The first-order valence-electron chi connectivity index (χ1n) is 5.27. The van der Waals surface area contributed by atoms with Crippen LogP contribution in [0.1, 0.15) is 4.88 Å². The molecule has 4 nitrogen and oxygen atoms in total. The Balaban J connectivity index is 1.85. The quantitative estimate of drug-likeness (QED) is 0.876. The lowest BCUT2D eigenvalue weighted by atomic mass is 10.3. The number of aromatic nitrogens is 2. The Labute approximate surface area is 109 Å². The van der Waals surface area contributed by atoms with Crippen LogP contribution >= 0.6 is 22.9 Å². The summed E-state index contributed by atoms with van der Waals surface area (Å²) in [5, 5.41) is 6.15. The molecule has 0 radical (unpaired) electrons. The lowest BCUT2D eigenvalue weighted by Gasteiger charge is -2.05. The highest BCUT2D eigenvalue weighted by molar-refractivity contribution is 7.16. The highest BCUT2D eigenvalue weighted by atomic mass is 35.5. The van der Waals surface area contributed by atoms with Gasteiger partial charge in [-0.2, -0.15) is 4.98 Å². The second kappa shape index (κ2) is 5.84. The third-order valence-electron chi connectivity index (χ3n) is 2.19. The Kier molecular flexibility index (Phi) is 4.17. The van der Waals surface area contributed by atoms with Crippen LogP contribution in [-0.2, 0) is 6.42 Å². The fourth-order valence-electron chi connectivity index (χ4n) is 1.38. The number of nitrogens with one attached hydrogen (secondary N) is 2. The second-order valence-electron chi connectivity index (χ2n) is 3.40. The van der Waals surface area contributed by atoms with Gasteiger partial charge in [0, 0.05) is 24.7 Å². The van der Waals surface area contributed by atoms with Crippen molar-refractivity contribution in [2.45, 2.75) is 6.42 Å². The third-order valence-corrected chi connectivity index (χ3v) is 3.48. The van der Waals surface area contributed by atoms with E-state index in [0.717, 1.165) is 23.1 Å². The Morgan fingerprint density at radius 3 is 2.94 bits per heavy atom. The lowest BCUT2D eigenvalue weighted by molar-refractivity contribution is 1.02. The van der Waals surface area contributed by atoms with Crippen LogP contribution in [0.5, 0.6) is 0 Å². The van der Waals surface area contributed by atoms with Crippen LogP contribution in [0, 0.1) is 0 Å². The highest BCUT2D eigenvalue weighted by Gasteiger charge is 1.99. The molecule has 2 aromatic rings. The minimum atomic E-state index is 0.620. The largest absolute Gasteiger partial charge is 0.370 e. The van der Waals surface area contributed by atoms with Gasteiger partial charge in [0.05, 0.1) is 4.34 Å². The van der Waals surface area contributed by atoms with E-state index in [1.807, 2.05) is 18.2 Å². The van der Waals surface area contributed by atoms with Crippen molar-refractivity contribution in [3.8, 4) is 0 Å². The van der Waals surface area contributed by atoms with E-state index >= 15 is 0 Å². The number of rotatable bonds is 5. The number of nitrogens with zero attached hydrogens (tertiary/aromatic N) is 2. The maximum absolute atomic E-state index is 5.87. The molecule has 0 unspecified atom stereocenters. The molecule has 0 saturated heterocycles. The van der Waals surface area contributed by atoms with Crippen LogP contribution in [0.2, 0.25) is 4.34 Å². The Morgan fingerprint density at radius 1 is 1.35 bits per heavy atom. The highest BCUT2D eigenvalue weighted by Crippen LogP contribution is 2.21. The molecule has 0 aliphatic carbocycles. The molecular weight excluding hydrogens is 256 g/mol. The van der Waals surface area contributed by atoms with Crippen LogP contribution in [0.15, 0.2) is 24.4 Å². The number of hydrogen-bond donors (Lipinski definition) is 2. The van der Waals surface area contributed by atoms with Gasteiger partial charge in [0.15, 0.2) is 0 Å². The zero-order valence-electron chi connectivity index (χ0n) is 9.40. The Hall–Kier alpha value is -1.33. The number of thiophene rings is 1. The van der Waals surface area contributed by atoms with Gasteiger partial charge in [0.25, 0.3) is 0 Å². The summed E-state index contributed by atoms with van der Waals surface area (Å²) in [5.74, 6) is 1.45. The fourth-order valence-corrected chi connectivity index (χ4v) is 2.46. The SMILES string of the molecule is CNc1nccc(NCCc2ccc(Cl)s2)n1. The van der Waals surface area contributed by atoms with Gasteiger partial charge >= 0.3 is 0 Å². The standard InChI is InChI=1S/C11H13ClN4S/c1-13-11-15-7-5-10(16-11)14-6-4-8-2-3-9(12)17-8/h2-3,5,7H,4,6H2,1H3,(H2,13,14,15,16). The van der Waals surface area contributed by atoms with E-state index in [1.165, 1.54) is 4.88 Å². The zero-order chi connectivity index (χ0) is 12.1. The van der Waals surface area contributed by atoms with Gasteiger partial charge < -0.3 is 10.6 Å². The fraction of sp³-hybridized carbons (Fsp3) is 0.273. The minimum Gasteiger partial charge on any atom is -0.370 e. The molecule has 0 aliphatic heterocycles. The van der Waals surface area contributed by atoms with Gasteiger partial charge in [-0.15, -0.1) is 11.3 Å². The summed E-state index contributed by atoms with van der Waals surface area (Å²) in [5.41, 5.74) is 0. The first-order chi connectivity index (χ1) is 8.28. The van der Waals surface area contributed by atoms with E-state index in [4.69, 9.17) is 11.6 Å². The molecule has 2 rings (SSSR count). The van der Waals surface area contributed by atoms with Crippen molar-refractivity contribution >= 4 is 34.7 Å². The van der Waals surface area contributed by atoms with Crippen LogP contribution in [0.25, 0.3) is 0 Å². The zero-order valence-corrected chi connectivity index (χ0v) is 11.0. The molecule has 0 fully saturated rings. The van der Waals surface area contributed by atoms with Crippen LogP contribution < -0.4 is 10.6 Å². The third kappa shape index (κ3) is 3.57. The molecule has 0 amide bonds. The summed E-state index contributed by atoms with van der Waals surface area (Å²) in [4.78, 5) is 9.59. The Morgan fingerprint density at radius 2 is 2.24 bits per heavy atom. The van der Waals surface area contributed by atoms with Gasteiger partial charge in [-0.3, -0.25) is 0 Å². The van der Waals surface area contributed by atoms with Crippen molar-refractivity contribution in [3.63, 3.8) is 0 Å². The molecule has 0 aromatic carbocycles. The predicted octanol–water partition coefficient (Wildman–Crippen LogP) is 2.89. The van der Waals surface area contributed by atoms with Crippen molar-refractivity contribution in [2.24, 2.45) is 0 Å².